The maximum Gasteiger partial charge on any atom is 0.223 e. The van der Waals surface area contributed by atoms with Crippen molar-refractivity contribution in [2.24, 2.45) is 13.0 Å². The second kappa shape index (κ2) is 8.92. The second-order valence-electron chi connectivity index (χ2n) is 8.34. The first-order chi connectivity index (χ1) is 14.5. The third-order valence-electron chi connectivity index (χ3n) is 6.29. The van der Waals surface area contributed by atoms with Crippen molar-refractivity contribution < 1.29 is 9.53 Å². The Labute approximate surface area is 178 Å². The Hall–Kier alpha value is -2.79. The molecule has 1 aliphatic rings. The van der Waals surface area contributed by atoms with E-state index < -0.39 is 0 Å². The van der Waals surface area contributed by atoms with Crippen molar-refractivity contribution in [3.05, 3.63) is 65.9 Å². The fourth-order valence-corrected chi connectivity index (χ4v) is 4.46. The average Bonchev–Trinajstić information content (AvgIpc) is 3.09. The van der Waals surface area contributed by atoms with E-state index in [1.165, 1.54) is 16.5 Å². The fourth-order valence-electron chi connectivity index (χ4n) is 4.46. The Morgan fingerprint density at radius 1 is 1.17 bits per heavy atom. The van der Waals surface area contributed by atoms with Crippen LogP contribution >= 0.6 is 0 Å². The summed E-state index contributed by atoms with van der Waals surface area (Å²) >= 11 is 0. The highest BCUT2D eigenvalue weighted by atomic mass is 16.5. The summed E-state index contributed by atoms with van der Waals surface area (Å²) < 4.78 is 7.59. The molecular formula is C25H31N3O2. The standard InChI is InChI=1S/C25H31N3O2/c1-18(19-7-5-4-6-8-19)26-25(29)20-11-13-28(14-12-20)17-21-16-27(2)24-10-9-22(30-3)15-23(21)24/h4-10,15-16,18,20H,11-14,17H2,1-3H3,(H,26,29)/t18-/m1/s1. The maximum atomic E-state index is 12.7. The number of benzene rings is 2. The van der Waals surface area contributed by atoms with Gasteiger partial charge in [0.2, 0.25) is 5.91 Å². The SMILES string of the molecule is COc1ccc2c(c1)c(CN1CCC(C(=O)N[C@H](C)c3ccccc3)CC1)cn2C. The molecule has 158 valence electrons. The smallest absolute Gasteiger partial charge is 0.223 e. The van der Waals surface area contributed by atoms with Gasteiger partial charge in [-0.2, -0.15) is 0 Å². The number of aryl methyl sites for hydroxylation is 1. The molecule has 1 atom stereocenters. The van der Waals surface area contributed by atoms with Crippen LogP contribution in [-0.2, 0) is 18.4 Å². The minimum Gasteiger partial charge on any atom is -0.497 e. The predicted molar refractivity (Wildman–Crippen MR) is 120 cm³/mol. The van der Waals surface area contributed by atoms with Crippen LogP contribution in [0.1, 0.15) is 36.9 Å². The number of amides is 1. The summed E-state index contributed by atoms with van der Waals surface area (Å²) in [6.07, 6.45) is 4.02. The van der Waals surface area contributed by atoms with Gasteiger partial charge in [0.25, 0.3) is 0 Å². The molecule has 0 radical (unpaired) electrons. The van der Waals surface area contributed by atoms with E-state index in [4.69, 9.17) is 4.74 Å². The van der Waals surface area contributed by atoms with Crippen LogP contribution in [-0.4, -0.2) is 35.6 Å². The average molecular weight is 406 g/mol. The maximum absolute atomic E-state index is 12.7. The lowest BCUT2D eigenvalue weighted by Gasteiger charge is -2.31. The molecular weight excluding hydrogens is 374 g/mol. The molecule has 4 rings (SSSR count). The van der Waals surface area contributed by atoms with Crippen molar-refractivity contribution in [2.45, 2.75) is 32.4 Å². The molecule has 1 aromatic heterocycles. The first-order valence-corrected chi connectivity index (χ1v) is 10.7. The first kappa shape index (κ1) is 20.5. The molecule has 5 nitrogen and oxygen atoms in total. The zero-order chi connectivity index (χ0) is 21.1. The molecule has 1 fully saturated rings. The van der Waals surface area contributed by atoms with Crippen LogP contribution in [0.3, 0.4) is 0 Å². The number of carbonyl (C=O) groups is 1. The highest BCUT2D eigenvalue weighted by Gasteiger charge is 2.26. The van der Waals surface area contributed by atoms with Crippen molar-refractivity contribution in [1.82, 2.24) is 14.8 Å². The molecule has 2 aromatic carbocycles. The van der Waals surface area contributed by atoms with Crippen LogP contribution < -0.4 is 10.1 Å². The number of likely N-dealkylation sites (tertiary alicyclic amines) is 1. The van der Waals surface area contributed by atoms with E-state index >= 15 is 0 Å². The van der Waals surface area contributed by atoms with Crippen LogP contribution in [0.5, 0.6) is 5.75 Å². The van der Waals surface area contributed by atoms with Gasteiger partial charge in [0.15, 0.2) is 0 Å². The third-order valence-corrected chi connectivity index (χ3v) is 6.29. The van der Waals surface area contributed by atoms with Gasteiger partial charge in [-0.15, -0.1) is 0 Å². The number of rotatable bonds is 6. The van der Waals surface area contributed by atoms with E-state index in [2.05, 4.69) is 59.2 Å². The Morgan fingerprint density at radius 2 is 1.90 bits per heavy atom. The van der Waals surface area contributed by atoms with Crippen LogP contribution in [0.2, 0.25) is 0 Å². The molecule has 1 N–H and O–H groups in total. The van der Waals surface area contributed by atoms with Crippen LogP contribution in [0.4, 0.5) is 0 Å². The summed E-state index contributed by atoms with van der Waals surface area (Å²) in [7, 11) is 3.79. The lowest BCUT2D eigenvalue weighted by atomic mass is 9.95. The topological polar surface area (TPSA) is 46.5 Å². The number of nitrogens with zero attached hydrogens (tertiary/aromatic N) is 2. The van der Waals surface area contributed by atoms with Crippen molar-refractivity contribution >= 4 is 16.8 Å². The van der Waals surface area contributed by atoms with Gasteiger partial charge in [-0.05, 0) is 62.2 Å². The number of carbonyl (C=O) groups excluding carboxylic acids is 1. The zero-order valence-corrected chi connectivity index (χ0v) is 18.1. The Bertz CT molecular complexity index is 1000. The van der Waals surface area contributed by atoms with E-state index in [-0.39, 0.29) is 17.9 Å². The third kappa shape index (κ3) is 4.36. The number of nitrogens with one attached hydrogen (secondary N) is 1. The molecule has 30 heavy (non-hydrogen) atoms. The summed E-state index contributed by atoms with van der Waals surface area (Å²) in [5.41, 5.74) is 3.68. The van der Waals surface area contributed by atoms with E-state index in [0.29, 0.717) is 0 Å². The predicted octanol–water partition coefficient (Wildman–Crippen LogP) is 4.28. The molecule has 2 heterocycles. The van der Waals surface area contributed by atoms with Crippen LogP contribution in [0.15, 0.2) is 54.7 Å². The molecule has 0 unspecified atom stereocenters. The van der Waals surface area contributed by atoms with Crippen molar-refractivity contribution in [2.75, 3.05) is 20.2 Å². The zero-order valence-electron chi connectivity index (χ0n) is 18.1. The summed E-state index contributed by atoms with van der Waals surface area (Å²) in [5.74, 6) is 1.17. The van der Waals surface area contributed by atoms with Crippen LogP contribution in [0.25, 0.3) is 10.9 Å². The molecule has 5 heteroatoms. The summed E-state index contributed by atoms with van der Waals surface area (Å²) in [5, 5.41) is 4.44. The van der Waals surface area contributed by atoms with Gasteiger partial charge in [0.05, 0.1) is 13.2 Å². The lowest BCUT2D eigenvalue weighted by molar-refractivity contribution is -0.127. The minimum atomic E-state index is 0.0439. The van der Waals surface area contributed by atoms with E-state index in [1.807, 2.05) is 24.3 Å². The second-order valence-corrected chi connectivity index (χ2v) is 8.34. The van der Waals surface area contributed by atoms with Gasteiger partial charge in [-0.3, -0.25) is 9.69 Å². The number of hydrogen-bond acceptors (Lipinski definition) is 3. The van der Waals surface area contributed by atoms with Gasteiger partial charge in [-0.25, -0.2) is 0 Å². The van der Waals surface area contributed by atoms with Crippen molar-refractivity contribution in [3.8, 4) is 5.75 Å². The highest BCUT2D eigenvalue weighted by Crippen LogP contribution is 2.28. The quantitative estimate of drug-likeness (QED) is 0.666. The summed E-state index contributed by atoms with van der Waals surface area (Å²) in [6, 6.07) is 16.4. The summed E-state index contributed by atoms with van der Waals surface area (Å²) in [4.78, 5) is 15.2. The molecule has 0 saturated carbocycles. The van der Waals surface area contributed by atoms with E-state index in [0.717, 1.165) is 43.8 Å². The Balaban J connectivity index is 1.35. The van der Waals surface area contributed by atoms with Gasteiger partial charge < -0.3 is 14.6 Å². The normalized spacial score (nSPS) is 16.5. The number of aromatic nitrogens is 1. The number of methoxy groups -OCH3 is 1. The lowest BCUT2D eigenvalue weighted by Crippen LogP contribution is -2.40. The van der Waals surface area contributed by atoms with Gasteiger partial charge >= 0.3 is 0 Å². The van der Waals surface area contributed by atoms with Crippen molar-refractivity contribution in [1.29, 1.82) is 0 Å². The Morgan fingerprint density at radius 3 is 2.60 bits per heavy atom. The molecule has 1 aliphatic heterocycles. The number of fused-ring (bicyclic) bond motifs is 1. The van der Waals surface area contributed by atoms with E-state index in [9.17, 15) is 4.79 Å². The summed E-state index contributed by atoms with van der Waals surface area (Å²) in [6.45, 7) is 4.84. The van der Waals surface area contributed by atoms with Crippen molar-refractivity contribution in [3.63, 3.8) is 0 Å². The minimum absolute atomic E-state index is 0.0439. The number of ether oxygens (including phenoxy) is 1. The largest absolute Gasteiger partial charge is 0.497 e. The van der Waals surface area contributed by atoms with Gasteiger partial charge in [-0.1, -0.05) is 30.3 Å². The molecule has 0 spiro atoms. The monoisotopic (exact) mass is 405 g/mol. The number of hydrogen-bond donors (Lipinski definition) is 1. The Kier molecular flexibility index (Phi) is 6.09. The van der Waals surface area contributed by atoms with E-state index in [1.54, 1.807) is 7.11 Å². The van der Waals surface area contributed by atoms with Gasteiger partial charge in [0, 0.05) is 36.6 Å². The molecule has 0 bridgehead atoms. The molecule has 1 saturated heterocycles. The first-order valence-electron chi connectivity index (χ1n) is 10.7. The van der Waals surface area contributed by atoms with Gasteiger partial charge in [0.1, 0.15) is 5.75 Å². The molecule has 3 aromatic rings. The molecule has 0 aliphatic carbocycles. The van der Waals surface area contributed by atoms with Crippen LogP contribution in [0, 0.1) is 5.92 Å². The molecule has 1 amide bonds. The number of piperidine rings is 1. The fraction of sp³-hybridized carbons (Fsp3) is 0.400. The highest BCUT2D eigenvalue weighted by molar-refractivity contribution is 5.85.